The quantitative estimate of drug-likeness (QED) is 0.200. The van der Waals surface area contributed by atoms with Gasteiger partial charge in [-0.25, -0.2) is 8.42 Å². The summed E-state index contributed by atoms with van der Waals surface area (Å²) in [6, 6.07) is 0. The van der Waals surface area contributed by atoms with Crippen LogP contribution in [0.15, 0.2) is 0 Å². The molecule has 0 bridgehead atoms. The predicted molar refractivity (Wildman–Crippen MR) is 106 cm³/mol. The van der Waals surface area contributed by atoms with Crippen LogP contribution in [0, 0.1) is 11.8 Å². The van der Waals surface area contributed by atoms with Crippen molar-refractivity contribution < 1.29 is 61.6 Å². The van der Waals surface area contributed by atoms with E-state index in [0.717, 1.165) is 51.4 Å². The van der Waals surface area contributed by atoms with Crippen LogP contribution in [0.1, 0.15) is 91.9 Å². The molecule has 0 fully saturated rings. The molecule has 0 saturated heterocycles. The average Bonchev–Trinajstić information content (AvgIpc) is 2.64. The van der Waals surface area contributed by atoms with Crippen LogP contribution in [0.25, 0.3) is 0 Å². The fraction of sp³-hybridized carbons (Fsp3) is 0.900. The third kappa shape index (κ3) is 15.3. The zero-order chi connectivity index (χ0) is 21.6. The number of hydrogen-bond donors (Lipinski definition) is 0. The maximum absolute atomic E-state index is 12.1. The minimum absolute atomic E-state index is 0. The molecule has 0 aliphatic carbocycles. The van der Waals surface area contributed by atoms with Crippen molar-refractivity contribution in [3.8, 4) is 0 Å². The molecular formula is C20H37NaO7S. The molecule has 0 aromatic rings. The summed E-state index contributed by atoms with van der Waals surface area (Å²) in [7, 11) is -4.93. The Hall–Kier alpha value is -0.150. The third-order valence-corrected chi connectivity index (χ3v) is 5.84. The molecule has 0 aromatic carbocycles. The first-order valence-electron chi connectivity index (χ1n) is 10.5. The normalized spacial score (nSPS) is 14.4. The molecule has 166 valence electrons. The van der Waals surface area contributed by atoms with Crippen LogP contribution in [0.3, 0.4) is 0 Å². The van der Waals surface area contributed by atoms with Crippen molar-refractivity contribution in [3.05, 3.63) is 0 Å². The second-order valence-corrected chi connectivity index (χ2v) is 8.85. The third-order valence-electron chi connectivity index (χ3n) is 4.96. The molecule has 0 spiro atoms. The van der Waals surface area contributed by atoms with Gasteiger partial charge in [-0.1, -0.05) is 66.2 Å². The van der Waals surface area contributed by atoms with E-state index in [1.807, 2.05) is 20.8 Å². The number of carbonyl (C=O) groups excluding carboxylic acids is 2. The van der Waals surface area contributed by atoms with Crippen molar-refractivity contribution in [2.24, 2.45) is 11.8 Å². The first kappa shape index (κ1) is 31.0. The summed E-state index contributed by atoms with van der Waals surface area (Å²) in [4.78, 5) is 24.0. The van der Waals surface area contributed by atoms with Gasteiger partial charge in [0.15, 0.2) is 0 Å². The summed E-state index contributed by atoms with van der Waals surface area (Å²) in [5.74, 6) is -1.10. The van der Waals surface area contributed by atoms with Gasteiger partial charge in [0.1, 0.15) is 16.7 Å². The minimum Gasteiger partial charge on any atom is -0.745 e. The van der Waals surface area contributed by atoms with Gasteiger partial charge in [-0.05, 0) is 24.7 Å². The summed E-state index contributed by atoms with van der Waals surface area (Å²) in [5.41, 5.74) is -2.00. The van der Waals surface area contributed by atoms with Crippen LogP contribution in [0.4, 0.5) is 0 Å². The van der Waals surface area contributed by atoms with E-state index in [4.69, 9.17) is 9.47 Å². The average molecular weight is 445 g/mol. The van der Waals surface area contributed by atoms with Crippen LogP contribution >= 0.6 is 0 Å². The van der Waals surface area contributed by atoms with Crippen molar-refractivity contribution in [2.75, 3.05) is 6.61 Å². The molecule has 3 unspecified atom stereocenters. The molecular weight excluding hydrogens is 407 g/mol. The number of unbranched alkanes of at least 4 members (excludes halogenated alkanes) is 2. The van der Waals surface area contributed by atoms with Gasteiger partial charge in [-0.2, -0.15) is 0 Å². The Kier molecular flexibility index (Phi) is 18.8. The van der Waals surface area contributed by atoms with Gasteiger partial charge in [0.05, 0.1) is 0 Å². The van der Waals surface area contributed by atoms with Gasteiger partial charge in [0, 0.05) is 12.8 Å². The fourth-order valence-electron chi connectivity index (χ4n) is 2.95. The maximum atomic E-state index is 12.1. The van der Waals surface area contributed by atoms with Gasteiger partial charge in [0.2, 0.25) is 5.44 Å². The molecule has 3 atom stereocenters. The Morgan fingerprint density at radius 3 is 1.69 bits per heavy atom. The molecule has 29 heavy (non-hydrogen) atoms. The van der Waals surface area contributed by atoms with Crippen LogP contribution < -0.4 is 29.6 Å². The SMILES string of the molecule is CCCCC(CC)CC(=O)OCC(OC(=O)CC(CC)CCCC)S(=O)(=O)[O-].[Na+]. The van der Waals surface area contributed by atoms with Gasteiger partial charge >= 0.3 is 41.5 Å². The second-order valence-electron chi connectivity index (χ2n) is 7.34. The Bertz CT molecular complexity index is 551. The number of carbonyl (C=O) groups is 2. The van der Waals surface area contributed by atoms with Crippen molar-refractivity contribution >= 4 is 22.1 Å². The van der Waals surface area contributed by atoms with Crippen LogP contribution in [0.2, 0.25) is 0 Å². The molecule has 0 saturated carbocycles. The molecule has 0 heterocycles. The van der Waals surface area contributed by atoms with E-state index in [1.165, 1.54) is 0 Å². The van der Waals surface area contributed by atoms with Crippen LogP contribution in [-0.4, -0.2) is 37.0 Å². The van der Waals surface area contributed by atoms with Crippen molar-refractivity contribution in [2.45, 2.75) is 97.3 Å². The number of ether oxygens (including phenoxy) is 2. The molecule has 0 aromatic heterocycles. The predicted octanol–water partition coefficient (Wildman–Crippen LogP) is 1.16. The van der Waals surface area contributed by atoms with Gasteiger partial charge < -0.3 is 14.0 Å². The Labute approximate surface area is 198 Å². The zero-order valence-electron chi connectivity index (χ0n) is 18.8. The Morgan fingerprint density at radius 2 is 1.31 bits per heavy atom. The summed E-state index contributed by atoms with van der Waals surface area (Å²) in [6.07, 6.45) is 7.47. The first-order valence-corrected chi connectivity index (χ1v) is 11.9. The van der Waals surface area contributed by atoms with E-state index in [2.05, 4.69) is 6.92 Å². The maximum Gasteiger partial charge on any atom is 1.00 e. The Balaban J connectivity index is 0. The fourth-order valence-corrected chi connectivity index (χ4v) is 3.41. The van der Waals surface area contributed by atoms with E-state index >= 15 is 0 Å². The number of rotatable bonds is 16. The van der Waals surface area contributed by atoms with Crippen LogP contribution in [-0.2, 0) is 29.2 Å². The van der Waals surface area contributed by atoms with Crippen LogP contribution in [0.5, 0.6) is 0 Å². The summed E-state index contributed by atoms with van der Waals surface area (Å²) in [5, 5.41) is 0. The molecule has 0 aliphatic rings. The van der Waals surface area contributed by atoms with E-state index in [-0.39, 0.29) is 54.2 Å². The summed E-state index contributed by atoms with van der Waals surface area (Å²) >= 11 is 0. The topological polar surface area (TPSA) is 110 Å². The van der Waals surface area contributed by atoms with Crippen molar-refractivity contribution in [1.29, 1.82) is 0 Å². The molecule has 0 aliphatic heterocycles. The second kappa shape index (κ2) is 17.5. The van der Waals surface area contributed by atoms with Crippen molar-refractivity contribution in [3.63, 3.8) is 0 Å². The monoisotopic (exact) mass is 444 g/mol. The van der Waals surface area contributed by atoms with Gasteiger partial charge in [0.25, 0.3) is 0 Å². The molecule has 7 nitrogen and oxygen atoms in total. The number of esters is 2. The van der Waals surface area contributed by atoms with E-state index in [1.54, 1.807) is 0 Å². The number of hydrogen-bond acceptors (Lipinski definition) is 7. The molecule has 0 radical (unpaired) electrons. The molecule has 0 rings (SSSR count). The summed E-state index contributed by atoms with van der Waals surface area (Å²) < 4.78 is 44.0. The Morgan fingerprint density at radius 1 is 0.862 bits per heavy atom. The summed E-state index contributed by atoms with van der Waals surface area (Å²) in [6.45, 7) is 7.27. The van der Waals surface area contributed by atoms with E-state index in [9.17, 15) is 22.6 Å². The van der Waals surface area contributed by atoms with Gasteiger partial charge in [-0.3, -0.25) is 9.59 Å². The molecule has 0 amide bonds. The smallest absolute Gasteiger partial charge is 0.745 e. The molecule has 0 N–H and O–H groups in total. The van der Waals surface area contributed by atoms with E-state index < -0.39 is 34.1 Å². The van der Waals surface area contributed by atoms with Gasteiger partial charge in [-0.15, -0.1) is 0 Å². The minimum atomic E-state index is -4.93. The first-order chi connectivity index (χ1) is 13.2. The largest absolute Gasteiger partial charge is 1.00 e. The standard InChI is InChI=1S/C20H38O7S.Na/c1-5-9-11-16(7-3)13-18(21)26-15-20(28(23,24)25)27-19(22)14-17(8-4)12-10-6-2;/h16-17,20H,5-15H2,1-4H3,(H,23,24,25);/q;+1/p-1. The molecule has 9 heteroatoms. The van der Waals surface area contributed by atoms with E-state index in [0.29, 0.717) is 0 Å². The zero-order valence-corrected chi connectivity index (χ0v) is 21.6. The van der Waals surface area contributed by atoms with Crippen molar-refractivity contribution in [1.82, 2.24) is 0 Å².